The summed E-state index contributed by atoms with van der Waals surface area (Å²) in [6.45, 7) is 5.50. The third-order valence-electron chi connectivity index (χ3n) is 5.61. The Balaban J connectivity index is 0.00000261. The summed E-state index contributed by atoms with van der Waals surface area (Å²) in [5.41, 5.74) is 1.20. The van der Waals surface area contributed by atoms with E-state index in [4.69, 9.17) is 11.6 Å². The molecular weight excluding hydrogens is 473 g/mol. The molecule has 0 saturated carbocycles. The molecule has 2 fully saturated rings. The van der Waals surface area contributed by atoms with Gasteiger partial charge in [-0.1, -0.05) is 17.7 Å². The van der Waals surface area contributed by atoms with Crippen molar-refractivity contribution in [2.45, 2.75) is 31.7 Å². The van der Waals surface area contributed by atoms with Crippen LogP contribution < -0.4 is 15.5 Å². The van der Waals surface area contributed by atoms with Crippen LogP contribution in [0.5, 0.6) is 0 Å². The van der Waals surface area contributed by atoms with Crippen LogP contribution >= 0.6 is 35.6 Å². The van der Waals surface area contributed by atoms with E-state index >= 15 is 0 Å². The van der Waals surface area contributed by atoms with E-state index in [1.165, 1.54) is 38.0 Å². The first-order valence-corrected chi connectivity index (χ1v) is 10.2. The zero-order chi connectivity index (χ0) is 18.4. The van der Waals surface area contributed by atoms with Crippen LogP contribution in [0, 0.1) is 5.92 Å². The van der Waals surface area contributed by atoms with Crippen LogP contribution in [0.15, 0.2) is 29.3 Å². The number of nitrogens with zero attached hydrogens (tertiary/aromatic N) is 3. The minimum Gasteiger partial charge on any atom is -0.369 e. The Labute approximate surface area is 185 Å². The Morgan fingerprint density at radius 1 is 1.22 bits per heavy atom. The number of rotatable bonds is 5. The van der Waals surface area contributed by atoms with Crippen LogP contribution in [0.1, 0.15) is 25.7 Å². The first-order chi connectivity index (χ1) is 12.6. The lowest BCUT2D eigenvalue weighted by Gasteiger charge is -2.29. The van der Waals surface area contributed by atoms with Gasteiger partial charge in [0.2, 0.25) is 0 Å². The lowest BCUT2D eigenvalue weighted by atomic mass is 9.94. The molecule has 7 heteroatoms. The molecule has 0 aliphatic carbocycles. The van der Waals surface area contributed by atoms with Crippen LogP contribution in [-0.4, -0.2) is 63.7 Å². The maximum Gasteiger partial charge on any atom is 0.191 e. The first kappa shape index (κ1) is 22.6. The molecule has 2 aliphatic heterocycles. The van der Waals surface area contributed by atoms with E-state index in [9.17, 15) is 0 Å². The molecule has 2 heterocycles. The highest BCUT2D eigenvalue weighted by Gasteiger charge is 2.23. The number of aliphatic imine (C=N–C) groups is 1. The number of hydrogen-bond acceptors (Lipinski definition) is 3. The van der Waals surface area contributed by atoms with Gasteiger partial charge in [0.1, 0.15) is 0 Å². The number of benzene rings is 1. The second-order valence-corrected chi connectivity index (χ2v) is 8.03. The molecule has 152 valence electrons. The zero-order valence-corrected chi connectivity index (χ0v) is 19.5. The van der Waals surface area contributed by atoms with Gasteiger partial charge in [0.25, 0.3) is 0 Å². The van der Waals surface area contributed by atoms with E-state index in [1.807, 2.05) is 25.2 Å². The molecule has 3 rings (SSSR count). The molecule has 0 radical (unpaired) electrons. The number of anilines is 1. The Hall–Kier alpha value is -0.730. The third-order valence-corrected chi connectivity index (χ3v) is 5.84. The van der Waals surface area contributed by atoms with Crippen LogP contribution in [0.3, 0.4) is 0 Å². The summed E-state index contributed by atoms with van der Waals surface area (Å²) in [5.74, 6) is 1.78. The van der Waals surface area contributed by atoms with E-state index < -0.39 is 0 Å². The van der Waals surface area contributed by atoms with Gasteiger partial charge in [-0.25, -0.2) is 0 Å². The predicted molar refractivity (Wildman–Crippen MR) is 127 cm³/mol. The number of piperidine rings is 1. The number of halogens is 2. The number of likely N-dealkylation sites (tertiary alicyclic amines) is 1. The van der Waals surface area contributed by atoms with Crippen LogP contribution in [0.25, 0.3) is 0 Å². The molecule has 0 bridgehead atoms. The standard InChI is InChI=1S/C20H32ClN5.HI/c1-22-20(23-10-6-16-7-11-25(2)12-8-16)24-18-9-13-26(15-18)19-5-3-4-17(21)14-19;/h3-5,14,16,18H,6-13,15H2,1-2H3,(H2,22,23,24);1H. The van der Waals surface area contributed by atoms with Gasteiger partial charge in [-0.2, -0.15) is 0 Å². The van der Waals surface area contributed by atoms with Crippen LogP contribution in [0.4, 0.5) is 5.69 Å². The summed E-state index contributed by atoms with van der Waals surface area (Å²) in [6, 6.07) is 8.53. The van der Waals surface area contributed by atoms with Crippen molar-refractivity contribution in [2.24, 2.45) is 10.9 Å². The summed E-state index contributed by atoms with van der Waals surface area (Å²) in [4.78, 5) is 9.22. The van der Waals surface area contributed by atoms with Crippen molar-refractivity contribution in [3.05, 3.63) is 29.3 Å². The predicted octanol–water partition coefficient (Wildman–Crippen LogP) is 3.43. The number of nitrogens with one attached hydrogen (secondary N) is 2. The average molecular weight is 506 g/mol. The number of guanidine groups is 1. The van der Waals surface area contributed by atoms with Gasteiger partial charge in [0.15, 0.2) is 5.96 Å². The first-order valence-electron chi connectivity index (χ1n) is 9.80. The molecule has 1 atom stereocenters. The van der Waals surface area contributed by atoms with Gasteiger partial charge in [-0.3, -0.25) is 4.99 Å². The molecule has 2 saturated heterocycles. The Morgan fingerprint density at radius 3 is 2.70 bits per heavy atom. The van der Waals surface area contributed by atoms with Gasteiger partial charge in [0.05, 0.1) is 0 Å². The van der Waals surface area contributed by atoms with E-state index in [1.54, 1.807) is 0 Å². The minimum atomic E-state index is 0. The highest BCUT2D eigenvalue weighted by Crippen LogP contribution is 2.23. The third kappa shape index (κ3) is 6.98. The zero-order valence-electron chi connectivity index (χ0n) is 16.5. The fourth-order valence-electron chi connectivity index (χ4n) is 3.92. The molecule has 1 aromatic rings. The fraction of sp³-hybridized carbons (Fsp3) is 0.650. The number of hydrogen-bond donors (Lipinski definition) is 2. The summed E-state index contributed by atoms with van der Waals surface area (Å²) >= 11 is 6.12. The maximum absolute atomic E-state index is 6.12. The fourth-order valence-corrected chi connectivity index (χ4v) is 4.10. The SMILES string of the molecule is CN=C(NCCC1CCN(C)CC1)NC1CCN(c2cccc(Cl)c2)C1.I. The Kier molecular flexibility index (Phi) is 9.45. The highest BCUT2D eigenvalue weighted by molar-refractivity contribution is 14.0. The minimum absolute atomic E-state index is 0. The van der Waals surface area contributed by atoms with Gasteiger partial charge < -0.3 is 20.4 Å². The lowest BCUT2D eigenvalue weighted by Crippen LogP contribution is -2.45. The van der Waals surface area contributed by atoms with Gasteiger partial charge >= 0.3 is 0 Å². The largest absolute Gasteiger partial charge is 0.369 e. The Bertz CT molecular complexity index is 604. The second-order valence-electron chi connectivity index (χ2n) is 7.59. The average Bonchev–Trinajstić information content (AvgIpc) is 3.11. The van der Waals surface area contributed by atoms with Gasteiger partial charge in [0, 0.05) is 43.4 Å². The van der Waals surface area contributed by atoms with Crippen LogP contribution in [0.2, 0.25) is 5.02 Å². The molecule has 0 aromatic heterocycles. The van der Waals surface area contributed by atoms with E-state index in [0.717, 1.165) is 43.0 Å². The van der Waals surface area contributed by atoms with Crippen molar-refractivity contribution < 1.29 is 0 Å². The highest BCUT2D eigenvalue weighted by atomic mass is 127. The quantitative estimate of drug-likeness (QED) is 0.366. The molecule has 5 nitrogen and oxygen atoms in total. The normalized spacial score (nSPS) is 21.8. The molecule has 27 heavy (non-hydrogen) atoms. The van der Waals surface area contributed by atoms with E-state index in [2.05, 4.69) is 38.5 Å². The van der Waals surface area contributed by atoms with Crippen molar-refractivity contribution in [2.75, 3.05) is 51.7 Å². The van der Waals surface area contributed by atoms with Crippen LogP contribution in [-0.2, 0) is 0 Å². The smallest absolute Gasteiger partial charge is 0.191 e. The molecule has 1 aromatic carbocycles. The monoisotopic (exact) mass is 505 g/mol. The molecule has 0 amide bonds. The van der Waals surface area contributed by atoms with E-state index in [-0.39, 0.29) is 24.0 Å². The maximum atomic E-state index is 6.12. The second kappa shape index (κ2) is 11.3. The summed E-state index contributed by atoms with van der Waals surface area (Å²) in [5, 5.41) is 7.88. The van der Waals surface area contributed by atoms with Gasteiger partial charge in [-0.05, 0) is 69.9 Å². The van der Waals surface area contributed by atoms with Gasteiger partial charge in [-0.15, -0.1) is 24.0 Å². The molecule has 2 N–H and O–H groups in total. The van der Waals surface area contributed by atoms with E-state index in [0.29, 0.717) is 6.04 Å². The van der Waals surface area contributed by atoms with Crippen molar-refractivity contribution in [3.63, 3.8) is 0 Å². The molecular formula is C20H33ClIN5. The van der Waals surface area contributed by atoms with Crippen molar-refractivity contribution >= 4 is 47.2 Å². The summed E-state index contributed by atoms with van der Waals surface area (Å²) in [6.07, 6.45) is 4.98. The lowest BCUT2D eigenvalue weighted by molar-refractivity contribution is 0.213. The van der Waals surface area contributed by atoms with Crippen molar-refractivity contribution in [1.82, 2.24) is 15.5 Å². The van der Waals surface area contributed by atoms with Crippen molar-refractivity contribution in [1.29, 1.82) is 0 Å². The summed E-state index contributed by atoms with van der Waals surface area (Å²) in [7, 11) is 4.07. The van der Waals surface area contributed by atoms with Crippen molar-refractivity contribution in [3.8, 4) is 0 Å². The Morgan fingerprint density at radius 2 is 2.00 bits per heavy atom. The molecule has 1 unspecified atom stereocenters. The summed E-state index contributed by atoms with van der Waals surface area (Å²) < 4.78 is 0. The molecule has 2 aliphatic rings. The topological polar surface area (TPSA) is 42.9 Å². The molecule has 0 spiro atoms.